The van der Waals surface area contributed by atoms with Crippen molar-refractivity contribution in [1.82, 2.24) is 9.44 Å². The van der Waals surface area contributed by atoms with E-state index in [0.717, 1.165) is 25.3 Å². The zero-order valence-corrected chi connectivity index (χ0v) is 30.4. The molecule has 15 nitrogen and oxygen atoms in total. The standard InChI is InChI=1S/C19H20N2O6S.C17H19N3O4S/c1-2-27-19(24)15(14-6-4-3-5-7-14)10-13-8-9-16(17(22)11-13)21-12-18(23)20-28(21,25)26;1-11(13-4-2-3-5-14(13)18)8-12-6-7-15(16(21)9-12)20-10-17(22)19-25(20,23)24/h3-9,11,15,22H,2,10,12H2,1H3,(H,20,23);2-7,9,11,21H,8,10,18H2,1H3,(H,19,22). The summed E-state index contributed by atoms with van der Waals surface area (Å²) in [6, 6.07) is 25.9. The summed E-state index contributed by atoms with van der Waals surface area (Å²) in [5.41, 5.74) is 10.0. The van der Waals surface area contributed by atoms with Crippen molar-refractivity contribution in [3.05, 3.63) is 113 Å². The molecule has 2 aliphatic rings. The molecule has 4 aromatic rings. The molecule has 0 aliphatic carbocycles. The first-order chi connectivity index (χ1) is 25.1. The van der Waals surface area contributed by atoms with Gasteiger partial charge in [-0.05, 0) is 78.3 Å². The molecule has 6 N–H and O–H groups in total. The molecule has 2 aliphatic heterocycles. The average molecular weight is 766 g/mol. The van der Waals surface area contributed by atoms with Gasteiger partial charge < -0.3 is 20.7 Å². The van der Waals surface area contributed by atoms with Gasteiger partial charge in [-0.1, -0.05) is 67.6 Å². The van der Waals surface area contributed by atoms with Gasteiger partial charge in [0, 0.05) is 5.69 Å². The summed E-state index contributed by atoms with van der Waals surface area (Å²) in [7, 11) is -7.95. The van der Waals surface area contributed by atoms with Gasteiger partial charge in [-0.15, -0.1) is 0 Å². The lowest BCUT2D eigenvalue weighted by Crippen LogP contribution is -2.29. The lowest BCUT2D eigenvalue weighted by molar-refractivity contribution is -0.145. The molecule has 0 bridgehead atoms. The van der Waals surface area contributed by atoms with Crippen LogP contribution in [0.3, 0.4) is 0 Å². The Morgan fingerprint density at radius 3 is 1.72 bits per heavy atom. The third kappa shape index (κ3) is 8.99. The smallest absolute Gasteiger partial charge is 0.326 e. The van der Waals surface area contributed by atoms with Gasteiger partial charge in [-0.3, -0.25) is 14.4 Å². The Bertz CT molecular complexity index is 2230. The van der Waals surface area contributed by atoms with E-state index >= 15 is 0 Å². The van der Waals surface area contributed by atoms with Gasteiger partial charge >= 0.3 is 26.4 Å². The fourth-order valence-corrected chi connectivity index (χ4v) is 8.39. The van der Waals surface area contributed by atoms with E-state index in [9.17, 15) is 41.4 Å². The van der Waals surface area contributed by atoms with Crippen molar-refractivity contribution in [1.29, 1.82) is 0 Å². The molecule has 0 aromatic heterocycles. The van der Waals surface area contributed by atoms with Crippen LogP contribution in [0.1, 0.15) is 47.9 Å². The number of phenolic OH excluding ortho intramolecular Hbond substituents is 2. The second-order valence-electron chi connectivity index (χ2n) is 12.4. The van der Waals surface area contributed by atoms with Crippen molar-refractivity contribution in [2.75, 3.05) is 34.0 Å². The molecule has 2 saturated heterocycles. The highest BCUT2D eigenvalue weighted by molar-refractivity contribution is 7.92. The predicted molar refractivity (Wildman–Crippen MR) is 198 cm³/mol. The van der Waals surface area contributed by atoms with E-state index in [4.69, 9.17) is 10.5 Å². The summed E-state index contributed by atoms with van der Waals surface area (Å²) < 4.78 is 58.2. The lowest BCUT2D eigenvalue weighted by Gasteiger charge is -2.19. The summed E-state index contributed by atoms with van der Waals surface area (Å²) in [5.74, 6) is -2.60. The maximum absolute atomic E-state index is 12.4. The number of para-hydroxylation sites is 1. The molecule has 53 heavy (non-hydrogen) atoms. The SMILES string of the molecule is CC(Cc1ccc(N2CC(=O)NS2(=O)=O)c(O)c1)c1ccccc1N.CCOC(=O)C(Cc1ccc(N2CC(=O)NS2(=O)=O)c(O)c1)c1ccccc1. The number of aromatic hydroxyl groups is 2. The number of nitrogens with one attached hydrogen (secondary N) is 2. The van der Waals surface area contributed by atoms with Crippen molar-refractivity contribution in [2.45, 2.75) is 38.5 Å². The Hall–Kier alpha value is -5.81. The second kappa shape index (κ2) is 15.8. The molecule has 2 atom stereocenters. The Balaban J connectivity index is 0.000000206. The van der Waals surface area contributed by atoms with Gasteiger partial charge in [0.05, 0.1) is 23.9 Å². The minimum atomic E-state index is -4.01. The zero-order chi connectivity index (χ0) is 38.5. The maximum atomic E-state index is 12.4. The van der Waals surface area contributed by atoms with Crippen molar-refractivity contribution in [3.8, 4) is 11.5 Å². The van der Waals surface area contributed by atoms with Crippen LogP contribution in [0.15, 0.2) is 91.0 Å². The molecule has 6 rings (SSSR count). The van der Waals surface area contributed by atoms with E-state index in [-0.39, 0.29) is 54.3 Å². The molecule has 0 saturated carbocycles. The monoisotopic (exact) mass is 765 g/mol. The lowest BCUT2D eigenvalue weighted by atomic mass is 9.92. The number of ether oxygens (including phenoxy) is 1. The number of esters is 1. The number of hydrogen-bond donors (Lipinski definition) is 5. The van der Waals surface area contributed by atoms with Gasteiger partial charge in [0.25, 0.3) is 11.8 Å². The molecule has 280 valence electrons. The Labute approximate surface area is 307 Å². The molecular formula is C36H39N5O10S2. The third-order valence-corrected chi connectivity index (χ3v) is 11.3. The Morgan fingerprint density at radius 2 is 1.26 bits per heavy atom. The number of anilines is 3. The number of rotatable bonds is 10. The third-order valence-electron chi connectivity index (χ3n) is 8.54. The maximum Gasteiger partial charge on any atom is 0.326 e. The first-order valence-corrected chi connectivity index (χ1v) is 19.3. The molecular weight excluding hydrogens is 727 g/mol. The number of nitrogen functional groups attached to an aromatic ring is 1. The summed E-state index contributed by atoms with van der Waals surface area (Å²) in [6.45, 7) is 3.27. The number of nitrogens with two attached hydrogens (primary N) is 1. The highest BCUT2D eigenvalue weighted by Crippen LogP contribution is 2.35. The number of hydrogen-bond acceptors (Lipinski definition) is 11. The van der Waals surface area contributed by atoms with Crippen LogP contribution in [0.2, 0.25) is 0 Å². The van der Waals surface area contributed by atoms with Crippen LogP contribution in [0.5, 0.6) is 11.5 Å². The quantitative estimate of drug-likeness (QED) is 0.117. The number of carbonyl (C=O) groups is 3. The molecule has 17 heteroatoms. The predicted octanol–water partition coefficient (Wildman–Crippen LogP) is 2.96. The topological polar surface area (TPSA) is 226 Å². The van der Waals surface area contributed by atoms with Crippen molar-refractivity contribution in [3.63, 3.8) is 0 Å². The Morgan fingerprint density at radius 1 is 0.774 bits per heavy atom. The van der Waals surface area contributed by atoms with Gasteiger partial charge in [0.2, 0.25) is 0 Å². The molecule has 4 aromatic carbocycles. The molecule has 0 spiro atoms. The average Bonchev–Trinajstić information content (AvgIpc) is 3.54. The normalized spacial score (nSPS) is 16.9. The summed E-state index contributed by atoms with van der Waals surface area (Å²) in [6.07, 6.45) is 0.895. The van der Waals surface area contributed by atoms with E-state index < -0.39 is 44.7 Å². The summed E-state index contributed by atoms with van der Waals surface area (Å²) >= 11 is 0. The van der Waals surface area contributed by atoms with Crippen molar-refractivity contribution in [2.24, 2.45) is 0 Å². The van der Waals surface area contributed by atoms with E-state index in [1.165, 1.54) is 24.3 Å². The number of amides is 2. The van der Waals surface area contributed by atoms with Crippen LogP contribution < -0.4 is 23.8 Å². The number of carbonyl (C=O) groups excluding carboxylic acids is 3. The molecule has 2 fully saturated rings. The summed E-state index contributed by atoms with van der Waals surface area (Å²) in [5, 5.41) is 20.6. The zero-order valence-electron chi connectivity index (χ0n) is 28.8. The van der Waals surface area contributed by atoms with Crippen LogP contribution in [0.4, 0.5) is 17.1 Å². The highest BCUT2D eigenvalue weighted by atomic mass is 32.2. The van der Waals surface area contributed by atoms with Gasteiger partial charge in [-0.2, -0.15) is 16.8 Å². The fraction of sp³-hybridized carbons (Fsp3) is 0.250. The second-order valence-corrected chi connectivity index (χ2v) is 15.6. The van der Waals surface area contributed by atoms with Crippen LogP contribution in [0.25, 0.3) is 0 Å². The van der Waals surface area contributed by atoms with Crippen molar-refractivity contribution < 1.29 is 46.2 Å². The van der Waals surface area contributed by atoms with E-state index in [1.807, 2.05) is 71.0 Å². The van der Waals surface area contributed by atoms with Crippen LogP contribution in [-0.4, -0.2) is 64.5 Å². The number of nitrogens with zero attached hydrogens (tertiary/aromatic N) is 2. The first-order valence-electron chi connectivity index (χ1n) is 16.5. The summed E-state index contributed by atoms with van der Waals surface area (Å²) in [4.78, 5) is 35.1. The van der Waals surface area contributed by atoms with Gasteiger partial charge in [-0.25, -0.2) is 18.1 Å². The van der Waals surface area contributed by atoms with Gasteiger partial charge in [0.1, 0.15) is 24.6 Å². The highest BCUT2D eigenvalue weighted by Gasteiger charge is 2.36. The Kier molecular flexibility index (Phi) is 11.5. The molecule has 2 heterocycles. The number of benzene rings is 4. The first kappa shape index (κ1) is 38.4. The van der Waals surface area contributed by atoms with E-state index in [2.05, 4.69) is 0 Å². The molecule has 0 radical (unpaired) electrons. The fourth-order valence-electron chi connectivity index (χ4n) is 6.06. The minimum Gasteiger partial charge on any atom is -0.506 e. The van der Waals surface area contributed by atoms with E-state index in [0.29, 0.717) is 17.7 Å². The van der Waals surface area contributed by atoms with Crippen LogP contribution in [0, 0.1) is 0 Å². The van der Waals surface area contributed by atoms with Crippen LogP contribution in [-0.2, 0) is 52.4 Å². The van der Waals surface area contributed by atoms with E-state index in [1.54, 1.807) is 19.1 Å². The molecule has 2 unspecified atom stereocenters. The van der Waals surface area contributed by atoms with Gasteiger partial charge in [0.15, 0.2) is 0 Å². The minimum absolute atomic E-state index is 0.00510. The van der Waals surface area contributed by atoms with Crippen LogP contribution >= 0.6 is 0 Å². The largest absolute Gasteiger partial charge is 0.506 e. The molecule has 2 amide bonds. The van der Waals surface area contributed by atoms with Crippen molar-refractivity contribution >= 4 is 55.3 Å². The number of phenols is 2.